The van der Waals surface area contributed by atoms with E-state index < -0.39 is 6.04 Å². The quantitative estimate of drug-likeness (QED) is 0.823. The molecule has 0 spiro atoms. The Balaban J connectivity index is 1.40. The zero-order chi connectivity index (χ0) is 21.4. The predicted octanol–water partition coefficient (Wildman–Crippen LogP) is 2.44. The van der Waals surface area contributed by atoms with Gasteiger partial charge in [0, 0.05) is 18.3 Å². The lowest BCUT2D eigenvalue weighted by Gasteiger charge is -2.34. The summed E-state index contributed by atoms with van der Waals surface area (Å²) >= 11 is 0. The molecule has 2 aromatic carbocycles. The van der Waals surface area contributed by atoms with E-state index in [1.165, 1.54) is 4.90 Å². The molecule has 31 heavy (non-hydrogen) atoms. The minimum absolute atomic E-state index is 0.150. The standard InChI is InChI=1S/C23H23N3O5/c27-21(24-15-8-9-19-20(13-15)31-12-11-30-19)14-26-17-6-2-1-5-16(17)22(28)25-10-4-3-7-18(25)23(26)29/h1-2,5-6,8-9,13,18H,3-4,7,10-12,14H2,(H,24,27). The number of amides is 3. The molecule has 0 radical (unpaired) electrons. The van der Waals surface area contributed by atoms with Crippen molar-refractivity contribution in [2.45, 2.75) is 25.3 Å². The number of carbonyl (C=O) groups excluding carboxylic acids is 3. The Bertz CT molecular complexity index is 1050. The second kappa shape index (κ2) is 7.94. The van der Waals surface area contributed by atoms with Crippen LogP contribution in [-0.4, -0.2) is 55.0 Å². The van der Waals surface area contributed by atoms with E-state index in [9.17, 15) is 14.4 Å². The zero-order valence-electron chi connectivity index (χ0n) is 17.0. The third kappa shape index (κ3) is 3.58. The number of para-hydroxylation sites is 1. The molecule has 3 heterocycles. The van der Waals surface area contributed by atoms with Gasteiger partial charge in [-0.3, -0.25) is 14.4 Å². The minimum atomic E-state index is -0.532. The van der Waals surface area contributed by atoms with E-state index in [1.807, 2.05) is 0 Å². The van der Waals surface area contributed by atoms with Crippen molar-refractivity contribution in [2.75, 3.05) is 36.5 Å². The van der Waals surface area contributed by atoms with Gasteiger partial charge in [-0.1, -0.05) is 12.1 Å². The molecule has 3 amide bonds. The monoisotopic (exact) mass is 421 g/mol. The Labute approximate surface area is 179 Å². The summed E-state index contributed by atoms with van der Waals surface area (Å²) in [5.41, 5.74) is 1.48. The molecule has 1 N–H and O–H groups in total. The number of rotatable bonds is 3. The number of hydrogen-bond acceptors (Lipinski definition) is 5. The molecule has 1 atom stereocenters. The van der Waals surface area contributed by atoms with Crippen LogP contribution in [0.5, 0.6) is 11.5 Å². The summed E-state index contributed by atoms with van der Waals surface area (Å²) in [6.07, 6.45) is 2.37. The largest absolute Gasteiger partial charge is 0.486 e. The van der Waals surface area contributed by atoms with Crippen LogP contribution >= 0.6 is 0 Å². The van der Waals surface area contributed by atoms with Gasteiger partial charge >= 0.3 is 0 Å². The van der Waals surface area contributed by atoms with E-state index in [4.69, 9.17) is 9.47 Å². The van der Waals surface area contributed by atoms with Crippen molar-refractivity contribution in [3.8, 4) is 11.5 Å². The maximum atomic E-state index is 13.4. The number of nitrogens with one attached hydrogen (secondary N) is 1. The molecule has 8 nitrogen and oxygen atoms in total. The molecule has 0 aliphatic carbocycles. The highest BCUT2D eigenvalue weighted by Crippen LogP contribution is 2.34. The van der Waals surface area contributed by atoms with Crippen LogP contribution in [0.3, 0.4) is 0 Å². The number of carbonyl (C=O) groups is 3. The van der Waals surface area contributed by atoms with Gasteiger partial charge in [0.05, 0.1) is 11.3 Å². The fourth-order valence-corrected chi connectivity index (χ4v) is 4.40. The maximum absolute atomic E-state index is 13.4. The molecule has 0 saturated carbocycles. The Kier molecular flexibility index (Phi) is 4.97. The van der Waals surface area contributed by atoms with E-state index >= 15 is 0 Å². The molecule has 2 aromatic rings. The third-order valence-corrected chi connectivity index (χ3v) is 5.87. The van der Waals surface area contributed by atoms with Crippen molar-refractivity contribution in [3.05, 3.63) is 48.0 Å². The van der Waals surface area contributed by atoms with Gasteiger partial charge < -0.3 is 24.6 Å². The van der Waals surface area contributed by atoms with E-state index in [-0.39, 0.29) is 24.3 Å². The van der Waals surface area contributed by atoms with E-state index in [0.29, 0.717) is 54.6 Å². The summed E-state index contributed by atoms with van der Waals surface area (Å²) in [6.45, 7) is 1.32. The van der Waals surface area contributed by atoms with Gasteiger partial charge in [0.1, 0.15) is 25.8 Å². The summed E-state index contributed by atoms with van der Waals surface area (Å²) in [5, 5.41) is 2.83. The van der Waals surface area contributed by atoms with Crippen molar-refractivity contribution in [1.82, 2.24) is 4.90 Å². The number of nitrogens with zero attached hydrogens (tertiary/aromatic N) is 2. The van der Waals surface area contributed by atoms with Gasteiger partial charge in [-0.25, -0.2) is 0 Å². The number of ether oxygens (including phenoxy) is 2. The van der Waals surface area contributed by atoms with E-state index in [2.05, 4.69) is 5.32 Å². The Morgan fingerprint density at radius 1 is 1.03 bits per heavy atom. The average molecular weight is 421 g/mol. The fourth-order valence-electron chi connectivity index (χ4n) is 4.40. The summed E-state index contributed by atoms with van der Waals surface area (Å²) in [5.74, 6) is 0.496. The highest BCUT2D eigenvalue weighted by atomic mass is 16.6. The molecule has 1 fully saturated rings. The second-order valence-electron chi connectivity index (χ2n) is 7.86. The lowest BCUT2D eigenvalue weighted by molar-refractivity contribution is -0.125. The van der Waals surface area contributed by atoms with Crippen LogP contribution in [0.2, 0.25) is 0 Å². The lowest BCUT2D eigenvalue weighted by Crippen LogP contribution is -2.52. The normalized spacial score (nSPS) is 19.9. The smallest absolute Gasteiger partial charge is 0.256 e. The van der Waals surface area contributed by atoms with Crippen LogP contribution in [0, 0.1) is 0 Å². The van der Waals surface area contributed by atoms with Crippen molar-refractivity contribution < 1.29 is 23.9 Å². The van der Waals surface area contributed by atoms with E-state index in [1.54, 1.807) is 47.4 Å². The molecular formula is C23H23N3O5. The molecular weight excluding hydrogens is 398 g/mol. The first-order chi connectivity index (χ1) is 15.1. The van der Waals surface area contributed by atoms with Gasteiger partial charge in [0.15, 0.2) is 11.5 Å². The maximum Gasteiger partial charge on any atom is 0.256 e. The highest BCUT2D eigenvalue weighted by Gasteiger charge is 2.41. The van der Waals surface area contributed by atoms with Crippen molar-refractivity contribution in [3.63, 3.8) is 0 Å². The minimum Gasteiger partial charge on any atom is -0.486 e. The first-order valence-corrected chi connectivity index (χ1v) is 10.5. The van der Waals surface area contributed by atoms with Crippen LogP contribution in [-0.2, 0) is 9.59 Å². The number of fused-ring (bicyclic) bond motifs is 3. The van der Waals surface area contributed by atoms with E-state index in [0.717, 1.165) is 12.8 Å². The third-order valence-electron chi connectivity index (χ3n) is 5.87. The van der Waals surface area contributed by atoms with Crippen LogP contribution in [0.1, 0.15) is 29.6 Å². The molecule has 5 rings (SSSR count). The Hall–Kier alpha value is -3.55. The second-order valence-corrected chi connectivity index (χ2v) is 7.86. The molecule has 0 aromatic heterocycles. The van der Waals surface area contributed by atoms with Crippen molar-refractivity contribution in [1.29, 1.82) is 0 Å². The molecule has 160 valence electrons. The lowest BCUT2D eigenvalue weighted by atomic mass is 10.0. The molecule has 1 saturated heterocycles. The van der Waals surface area contributed by atoms with Crippen molar-refractivity contribution >= 4 is 29.1 Å². The Morgan fingerprint density at radius 2 is 1.84 bits per heavy atom. The fraction of sp³-hybridized carbons (Fsp3) is 0.348. The van der Waals surface area contributed by atoms with Crippen LogP contribution in [0.4, 0.5) is 11.4 Å². The van der Waals surface area contributed by atoms with Crippen molar-refractivity contribution in [2.24, 2.45) is 0 Å². The number of hydrogen-bond donors (Lipinski definition) is 1. The number of benzene rings is 2. The van der Waals surface area contributed by atoms with Crippen LogP contribution < -0.4 is 19.7 Å². The van der Waals surface area contributed by atoms with Crippen LogP contribution in [0.25, 0.3) is 0 Å². The molecule has 3 aliphatic heterocycles. The average Bonchev–Trinajstić information content (AvgIpc) is 2.89. The summed E-state index contributed by atoms with van der Waals surface area (Å²) in [4.78, 5) is 42.5. The van der Waals surface area contributed by atoms with Gasteiger partial charge in [0.25, 0.3) is 5.91 Å². The molecule has 8 heteroatoms. The van der Waals surface area contributed by atoms with Crippen LogP contribution in [0.15, 0.2) is 42.5 Å². The topological polar surface area (TPSA) is 88.2 Å². The van der Waals surface area contributed by atoms with Gasteiger partial charge in [-0.15, -0.1) is 0 Å². The highest BCUT2D eigenvalue weighted by molar-refractivity contribution is 6.13. The first-order valence-electron chi connectivity index (χ1n) is 10.5. The molecule has 3 aliphatic rings. The van der Waals surface area contributed by atoms with Gasteiger partial charge in [-0.2, -0.15) is 0 Å². The number of anilines is 2. The molecule has 1 unspecified atom stereocenters. The van der Waals surface area contributed by atoms with Gasteiger partial charge in [-0.05, 0) is 43.5 Å². The first kappa shape index (κ1) is 19.4. The molecule has 0 bridgehead atoms. The number of piperidine rings is 1. The zero-order valence-corrected chi connectivity index (χ0v) is 17.0. The SMILES string of the molecule is O=C(CN1C(=O)C2CCCCN2C(=O)c2ccccc21)Nc1ccc2c(c1)OCCO2. The predicted molar refractivity (Wildman–Crippen MR) is 114 cm³/mol. The van der Waals surface area contributed by atoms with Gasteiger partial charge in [0.2, 0.25) is 11.8 Å². The Morgan fingerprint density at radius 3 is 2.71 bits per heavy atom. The summed E-state index contributed by atoms with van der Waals surface area (Å²) < 4.78 is 11.1. The summed E-state index contributed by atoms with van der Waals surface area (Å²) in [7, 11) is 0. The summed E-state index contributed by atoms with van der Waals surface area (Å²) in [6, 6.07) is 11.6.